The van der Waals surface area contributed by atoms with Crippen molar-refractivity contribution in [3.05, 3.63) is 82.9 Å². The molecular weight excluding hydrogens is 632 g/mol. The number of ether oxygens (including phenoxy) is 2. The summed E-state index contributed by atoms with van der Waals surface area (Å²) in [7, 11) is 0. The van der Waals surface area contributed by atoms with Gasteiger partial charge in [-0.1, -0.05) is 12.1 Å². The van der Waals surface area contributed by atoms with Crippen molar-refractivity contribution in [3.63, 3.8) is 0 Å². The number of aliphatic hydroxyl groups excluding tert-OH is 2. The molecule has 0 aliphatic rings. The number of aromatic hydroxyl groups is 8. The number of benzene rings is 4. The summed E-state index contributed by atoms with van der Waals surface area (Å²) < 4.78 is 10.6. The highest BCUT2D eigenvalue weighted by molar-refractivity contribution is 5.93. The van der Waals surface area contributed by atoms with Gasteiger partial charge < -0.3 is 60.5 Å². The van der Waals surface area contributed by atoms with Crippen LogP contribution in [0.1, 0.15) is 44.7 Å². The van der Waals surface area contributed by atoms with Crippen molar-refractivity contribution in [1.29, 1.82) is 0 Å². The standard InChI is InChI=1S/C34H34O14/c35-7-1-2-19(8-17-3-5-23(37)29(10-17)47-33(45)20-12-25(39)31(43)26(40)13-20)22(16-36)9-18-4-6-24(38)30(11-18)48-34(46)21-14-27(41)32(44)28(42)15-21/h3-6,10-15,19,22,35-44H,1-2,7-9,16H2/t19-,22+/m1/s1. The molecule has 2 atom stereocenters. The quantitative estimate of drug-likeness (QED) is 0.0556. The fourth-order valence-corrected chi connectivity index (χ4v) is 5.14. The van der Waals surface area contributed by atoms with Gasteiger partial charge in [-0.2, -0.15) is 0 Å². The van der Waals surface area contributed by atoms with Crippen LogP contribution in [0.4, 0.5) is 0 Å². The lowest BCUT2D eigenvalue weighted by atomic mass is 9.80. The summed E-state index contributed by atoms with van der Waals surface area (Å²) in [6.07, 6.45) is 1.37. The van der Waals surface area contributed by atoms with Crippen LogP contribution in [0.3, 0.4) is 0 Å². The number of hydrogen-bond donors (Lipinski definition) is 10. The Balaban J connectivity index is 1.52. The summed E-state index contributed by atoms with van der Waals surface area (Å²) in [5, 5.41) is 98.6. The molecule has 0 bridgehead atoms. The smallest absolute Gasteiger partial charge is 0.343 e. The van der Waals surface area contributed by atoms with Gasteiger partial charge in [0.2, 0.25) is 0 Å². The Bertz CT molecular complexity index is 1760. The van der Waals surface area contributed by atoms with Crippen LogP contribution in [0, 0.1) is 11.8 Å². The molecule has 4 rings (SSSR count). The zero-order valence-electron chi connectivity index (χ0n) is 25.3. The first kappa shape index (κ1) is 35.0. The maximum atomic E-state index is 12.7. The maximum Gasteiger partial charge on any atom is 0.343 e. The molecule has 0 saturated heterocycles. The Morgan fingerprint density at radius 2 is 0.938 bits per heavy atom. The van der Waals surface area contributed by atoms with Gasteiger partial charge in [-0.15, -0.1) is 0 Å². The molecule has 14 heteroatoms. The molecule has 4 aromatic rings. The van der Waals surface area contributed by atoms with E-state index in [1.165, 1.54) is 24.3 Å². The third-order valence-electron chi connectivity index (χ3n) is 7.69. The van der Waals surface area contributed by atoms with Gasteiger partial charge in [-0.3, -0.25) is 0 Å². The predicted octanol–water partition coefficient (Wildman–Crippen LogP) is 3.55. The maximum absolute atomic E-state index is 12.7. The van der Waals surface area contributed by atoms with Crippen molar-refractivity contribution in [3.8, 4) is 57.5 Å². The zero-order valence-corrected chi connectivity index (χ0v) is 25.3. The highest BCUT2D eigenvalue weighted by atomic mass is 16.5. The second-order valence-electron chi connectivity index (χ2n) is 11.1. The third kappa shape index (κ3) is 8.29. The lowest BCUT2D eigenvalue weighted by Gasteiger charge is -2.26. The Hall–Kier alpha value is -5.86. The van der Waals surface area contributed by atoms with E-state index in [1.807, 2.05) is 0 Å². The first-order chi connectivity index (χ1) is 22.8. The molecule has 14 nitrogen and oxygen atoms in total. The summed E-state index contributed by atoms with van der Waals surface area (Å²) >= 11 is 0. The largest absolute Gasteiger partial charge is 0.504 e. The SMILES string of the molecule is O=C(Oc1cc(C[C@@H](CO)[C@H](CCCO)Cc2ccc(O)c(OC(=O)c3cc(O)c(O)c(O)c3)c2)ccc1O)c1cc(O)c(O)c(O)c1. The number of phenols is 8. The van der Waals surface area contributed by atoms with Gasteiger partial charge >= 0.3 is 11.9 Å². The molecule has 0 spiro atoms. The minimum absolute atomic E-state index is 0.124. The average molecular weight is 667 g/mol. The molecule has 0 unspecified atom stereocenters. The zero-order chi connectivity index (χ0) is 35.1. The van der Waals surface area contributed by atoms with E-state index in [9.17, 15) is 60.7 Å². The molecule has 0 fully saturated rings. The van der Waals surface area contributed by atoms with Gasteiger partial charge in [0, 0.05) is 13.2 Å². The normalized spacial score (nSPS) is 12.3. The van der Waals surface area contributed by atoms with Gasteiger partial charge in [0.1, 0.15) is 0 Å². The number of hydrogen-bond acceptors (Lipinski definition) is 14. The summed E-state index contributed by atoms with van der Waals surface area (Å²) in [4.78, 5) is 25.3. The number of rotatable bonds is 13. The van der Waals surface area contributed by atoms with Gasteiger partial charge in [0.05, 0.1) is 11.1 Å². The number of aliphatic hydroxyl groups is 2. The third-order valence-corrected chi connectivity index (χ3v) is 7.69. The van der Waals surface area contributed by atoms with E-state index in [4.69, 9.17) is 9.47 Å². The molecule has 0 aliphatic carbocycles. The molecule has 0 saturated carbocycles. The number of carbonyl (C=O) groups excluding carboxylic acids is 2. The van der Waals surface area contributed by atoms with Crippen molar-refractivity contribution in [2.24, 2.45) is 11.8 Å². The fourth-order valence-electron chi connectivity index (χ4n) is 5.14. The van der Waals surface area contributed by atoms with E-state index in [0.717, 1.165) is 24.3 Å². The summed E-state index contributed by atoms with van der Waals surface area (Å²) in [5.74, 6) is -8.68. The van der Waals surface area contributed by atoms with Gasteiger partial charge in [-0.05, 0) is 97.2 Å². The van der Waals surface area contributed by atoms with Crippen molar-refractivity contribution < 1.29 is 70.1 Å². The highest BCUT2D eigenvalue weighted by Crippen LogP contribution is 2.38. The Labute approximate surface area is 273 Å². The van der Waals surface area contributed by atoms with Crippen LogP contribution < -0.4 is 9.47 Å². The van der Waals surface area contributed by atoms with Crippen LogP contribution in [0.2, 0.25) is 0 Å². The molecule has 0 aromatic heterocycles. The predicted molar refractivity (Wildman–Crippen MR) is 167 cm³/mol. The summed E-state index contributed by atoms with van der Waals surface area (Å²) in [6.45, 7) is -0.424. The summed E-state index contributed by atoms with van der Waals surface area (Å²) in [6, 6.07) is 12.1. The van der Waals surface area contributed by atoms with Crippen LogP contribution in [-0.2, 0) is 12.8 Å². The molecule has 0 aliphatic heterocycles. The minimum Gasteiger partial charge on any atom is -0.504 e. The van der Waals surface area contributed by atoms with Gasteiger partial charge in [-0.25, -0.2) is 9.59 Å². The van der Waals surface area contributed by atoms with Gasteiger partial charge in [0.15, 0.2) is 57.5 Å². The molecule has 10 N–H and O–H groups in total. The number of phenolic OH excluding ortho intramolecular Hbond substituents is 8. The first-order valence-electron chi connectivity index (χ1n) is 14.6. The van der Waals surface area contributed by atoms with Crippen LogP contribution in [-0.4, -0.2) is 76.2 Å². The van der Waals surface area contributed by atoms with Crippen LogP contribution in [0.25, 0.3) is 0 Å². The fraction of sp³-hybridized carbons (Fsp3) is 0.235. The Morgan fingerprint density at radius 1 is 0.542 bits per heavy atom. The molecule has 0 amide bonds. The molecule has 0 radical (unpaired) electrons. The van der Waals surface area contributed by atoms with E-state index < -0.39 is 52.4 Å². The van der Waals surface area contributed by atoms with E-state index in [2.05, 4.69) is 0 Å². The number of carbonyl (C=O) groups is 2. The Morgan fingerprint density at radius 3 is 1.31 bits per heavy atom. The van der Waals surface area contributed by atoms with Crippen LogP contribution >= 0.6 is 0 Å². The van der Waals surface area contributed by atoms with Crippen molar-refractivity contribution in [2.45, 2.75) is 25.7 Å². The second-order valence-corrected chi connectivity index (χ2v) is 11.1. The number of esters is 2. The Kier molecular flexibility index (Phi) is 11.0. The molecule has 254 valence electrons. The minimum atomic E-state index is -1.05. The molecule has 0 heterocycles. The van der Waals surface area contributed by atoms with Crippen LogP contribution in [0.5, 0.6) is 57.5 Å². The monoisotopic (exact) mass is 666 g/mol. The summed E-state index contributed by atoms with van der Waals surface area (Å²) in [5.41, 5.74) is 0.546. The molecule has 4 aromatic carbocycles. The van der Waals surface area contributed by atoms with Crippen molar-refractivity contribution >= 4 is 11.9 Å². The molecule has 48 heavy (non-hydrogen) atoms. The van der Waals surface area contributed by atoms with E-state index >= 15 is 0 Å². The highest BCUT2D eigenvalue weighted by Gasteiger charge is 2.24. The van der Waals surface area contributed by atoms with Crippen molar-refractivity contribution in [2.75, 3.05) is 13.2 Å². The van der Waals surface area contributed by atoms with Gasteiger partial charge in [0.25, 0.3) is 0 Å². The lowest BCUT2D eigenvalue weighted by Crippen LogP contribution is -2.24. The lowest BCUT2D eigenvalue weighted by molar-refractivity contribution is 0.0719. The van der Waals surface area contributed by atoms with E-state index in [1.54, 1.807) is 12.1 Å². The van der Waals surface area contributed by atoms with Crippen LogP contribution in [0.15, 0.2) is 60.7 Å². The topological polar surface area (TPSA) is 255 Å². The second kappa shape index (κ2) is 15.2. The molecular formula is C34H34O14. The van der Waals surface area contributed by atoms with Crippen molar-refractivity contribution in [1.82, 2.24) is 0 Å². The van der Waals surface area contributed by atoms with E-state index in [0.29, 0.717) is 30.4 Å². The van der Waals surface area contributed by atoms with E-state index in [-0.39, 0.29) is 59.7 Å². The average Bonchev–Trinajstić information content (AvgIpc) is 3.05. The first-order valence-corrected chi connectivity index (χ1v) is 14.6.